The van der Waals surface area contributed by atoms with E-state index in [1.807, 2.05) is 0 Å². The van der Waals surface area contributed by atoms with Gasteiger partial charge in [0.25, 0.3) is 0 Å². The van der Waals surface area contributed by atoms with Crippen LogP contribution in [-0.4, -0.2) is 29.0 Å². The van der Waals surface area contributed by atoms with E-state index in [1.54, 1.807) is 11.3 Å². The van der Waals surface area contributed by atoms with Gasteiger partial charge >= 0.3 is 0 Å². The van der Waals surface area contributed by atoms with Crippen LogP contribution in [0.3, 0.4) is 0 Å². The quantitative estimate of drug-likeness (QED) is 0.854. The molecule has 1 fully saturated rings. The lowest BCUT2D eigenvalue weighted by Crippen LogP contribution is -2.32. The first-order chi connectivity index (χ1) is 7.22. The van der Waals surface area contributed by atoms with Crippen LogP contribution in [0.1, 0.15) is 36.5 Å². The highest BCUT2D eigenvalue weighted by molar-refractivity contribution is 7.09. The summed E-state index contributed by atoms with van der Waals surface area (Å²) in [5.74, 6) is 0. The largest absolute Gasteiger partial charge is 0.326 e. The van der Waals surface area contributed by atoms with Gasteiger partial charge in [-0.1, -0.05) is 6.92 Å². The minimum Gasteiger partial charge on any atom is -0.326 e. The first-order valence-corrected chi connectivity index (χ1v) is 6.52. The molecule has 2 heterocycles. The standard InChI is InChI=1S/C11H19N3S/c1-3-5-14-6-4-9(12)11(14)10-7-15-8(2)13-10/h7,9,11H,3-6,12H2,1-2H3/t9-,11-/m1/s1. The number of thiazole rings is 1. The molecule has 1 aliphatic heterocycles. The number of aryl methyl sites for hydroxylation is 1. The van der Waals surface area contributed by atoms with Gasteiger partial charge in [-0.2, -0.15) is 0 Å². The average molecular weight is 225 g/mol. The van der Waals surface area contributed by atoms with Gasteiger partial charge in [0.2, 0.25) is 0 Å². The van der Waals surface area contributed by atoms with Crippen molar-refractivity contribution in [3.8, 4) is 0 Å². The summed E-state index contributed by atoms with van der Waals surface area (Å²) in [7, 11) is 0. The molecule has 84 valence electrons. The number of hydrogen-bond donors (Lipinski definition) is 1. The summed E-state index contributed by atoms with van der Waals surface area (Å²) in [6.07, 6.45) is 2.29. The zero-order valence-electron chi connectivity index (χ0n) is 9.44. The van der Waals surface area contributed by atoms with Crippen LogP contribution in [0.25, 0.3) is 0 Å². The maximum Gasteiger partial charge on any atom is 0.0898 e. The van der Waals surface area contributed by atoms with Crippen LogP contribution >= 0.6 is 11.3 Å². The molecular formula is C11H19N3S. The second kappa shape index (κ2) is 4.60. The van der Waals surface area contributed by atoms with Crippen LogP contribution in [0.2, 0.25) is 0 Å². The van der Waals surface area contributed by atoms with E-state index in [0.29, 0.717) is 6.04 Å². The summed E-state index contributed by atoms with van der Waals surface area (Å²) >= 11 is 1.72. The van der Waals surface area contributed by atoms with Crippen molar-refractivity contribution >= 4 is 11.3 Å². The lowest BCUT2D eigenvalue weighted by Gasteiger charge is -2.24. The predicted molar refractivity (Wildman–Crippen MR) is 64.0 cm³/mol. The number of likely N-dealkylation sites (tertiary alicyclic amines) is 1. The Balaban J connectivity index is 2.17. The first-order valence-electron chi connectivity index (χ1n) is 5.64. The molecule has 0 aromatic carbocycles. The summed E-state index contributed by atoms with van der Waals surface area (Å²) in [4.78, 5) is 7.04. The van der Waals surface area contributed by atoms with Crippen molar-refractivity contribution in [2.24, 2.45) is 5.73 Å². The van der Waals surface area contributed by atoms with Gasteiger partial charge in [-0.25, -0.2) is 4.98 Å². The molecule has 2 atom stereocenters. The van der Waals surface area contributed by atoms with Gasteiger partial charge in [0, 0.05) is 18.0 Å². The Morgan fingerprint density at radius 2 is 2.47 bits per heavy atom. The Hall–Kier alpha value is -0.450. The number of aromatic nitrogens is 1. The smallest absolute Gasteiger partial charge is 0.0898 e. The van der Waals surface area contributed by atoms with Gasteiger partial charge in [0.1, 0.15) is 0 Å². The Morgan fingerprint density at radius 3 is 3.07 bits per heavy atom. The van der Waals surface area contributed by atoms with Crippen LogP contribution in [0.4, 0.5) is 0 Å². The molecular weight excluding hydrogens is 206 g/mol. The fourth-order valence-electron chi connectivity index (χ4n) is 2.34. The summed E-state index contributed by atoms with van der Waals surface area (Å²) in [5.41, 5.74) is 7.34. The molecule has 2 N–H and O–H groups in total. The molecule has 2 rings (SSSR count). The Morgan fingerprint density at radius 1 is 1.67 bits per heavy atom. The van der Waals surface area contributed by atoms with Gasteiger partial charge in [-0.05, 0) is 26.3 Å². The van der Waals surface area contributed by atoms with Gasteiger partial charge < -0.3 is 5.73 Å². The van der Waals surface area contributed by atoms with Crippen LogP contribution in [-0.2, 0) is 0 Å². The molecule has 1 saturated heterocycles. The predicted octanol–water partition coefficient (Wildman–Crippen LogP) is 1.94. The lowest BCUT2D eigenvalue weighted by atomic mass is 10.1. The van der Waals surface area contributed by atoms with Gasteiger partial charge in [-0.3, -0.25) is 4.90 Å². The van der Waals surface area contributed by atoms with E-state index >= 15 is 0 Å². The average Bonchev–Trinajstić information content (AvgIpc) is 2.74. The van der Waals surface area contributed by atoms with Crippen molar-refractivity contribution in [1.29, 1.82) is 0 Å². The third kappa shape index (κ3) is 2.22. The fourth-order valence-corrected chi connectivity index (χ4v) is 2.98. The van der Waals surface area contributed by atoms with Crippen LogP contribution in [0, 0.1) is 6.92 Å². The van der Waals surface area contributed by atoms with Gasteiger partial charge in [0.05, 0.1) is 16.7 Å². The Labute approximate surface area is 95.3 Å². The molecule has 0 aliphatic carbocycles. The highest BCUT2D eigenvalue weighted by Gasteiger charge is 2.33. The normalized spacial score (nSPS) is 27.4. The van der Waals surface area contributed by atoms with Crippen molar-refractivity contribution in [2.45, 2.75) is 38.8 Å². The molecule has 1 aromatic heterocycles. The Bertz CT molecular complexity index is 321. The topological polar surface area (TPSA) is 42.1 Å². The first kappa shape index (κ1) is 11.0. The molecule has 0 spiro atoms. The van der Waals surface area contributed by atoms with Crippen LogP contribution in [0.5, 0.6) is 0 Å². The van der Waals surface area contributed by atoms with E-state index in [4.69, 9.17) is 5.73 Å². The minimum atomic E-state index is 0.262. The van der Waals surface area contributed by atoms with E-state index in [9.17, 15) is 0 Å². The molecule has 0 amide bonds. The van der Waals surface area contributed by atoms with E-state index < -0.39 is 0 Å². The highest BCUT2D eigenvalue weighted by atomic mass is 32.1. The second-order valence-electron chi connectivity index (χ2n) is 4.22. The van der Waals surface area contributed by atoms with E-state index in [2.05, 4.69) is 29.1 Å². The van der Waals surface area contributed by atoms with Crippen LogP contribution < -0.4 is 5.73 Å². The van der Waals surface area contributed by atoms with Crippen molar-refractivity contribution < 1.29 is 0 Å². The third-order valence-electron chi connectivity index (χ3n) is 3.00. The molecule has 1 aliphatic rings. The number of nitrogens with zero attached hydrogens (tertiary/aromatic N) is 2. The van der Waals surface area contributed by atoms with Gasteiger partial charge in [-0.15, -0.1) is 11.3 Å². The molecule has 0 radical (unpaired) electrons. The van der Waals surface area contributed by atoms with Crippen molar-refractivity contribution in [2.75, 3.05) is 13.1 Å². The summed E-state index contributed by atoms with van der Waals surface area (Å²) in [6, 6.07) is 0.618. The molecule has 0 bridgehead atoms. The van der Waals surface area contributed by atoms with E-state index in [1.165, 1.54) is 12.1 Å². The Kier molecular flexibility index (Phi) is 3.38. The maximum atomic E-state index is 6.16. The summed E-state index contributed by atoms with van der Waals surface area (Å²) < 4.78 is 0. The maximum absolute atomic E-state index is 6.16. The highest BCUT2D eigenvalue weighted by Crippen LogP contribution is 2.31. The molecule has 4 heteroatoms. The monoisotopic (exact) mass is 225 g/mol. The van der Waals surface area contributed by atoms with Crippen molar-refractivity contribution in [3.63, 3.8) is 0 Å². The summed E-state index contributed by atoms with van der Waals surface area (Å²) in [6.45, 7) is 6.52. The third-order valence-corrected chi connectivity index (χ3v) is 3.79. The molecule has 0 saturated carbocycles. The fraction of sp³-hybridized carbons (Fsp3) is 0.727. The van der Waals surface area contributed by atoms with E-state index in [-0.39, 0.29) is 6.04 Å². The minimum absolute atomic E-state index is 0.262. The number of rotatable bonds is 3. The van der Waals surface area contributed by atoms with Crippen LogP contribution in [0.15, 0.2) is 5.38 Å². The zero-order chi connectivity index (χ0) is 10.8. The lowest BCUT2D eigenvalue weighted by molar-refractivity contribution is 0.244. The molecule has 15 heavy (non-hydrogen) atoms. The van der Waals surface area contributed by atoms with Crippen molar-refractivity contribution in [1.82, 2.24) is 9.88 Å². The van der Waals surface area contributed by atoms with Gasteiger partial charge in [0.15, 0.2) is 0 Å². The number of hydrogen-bond acceptors (Lipinski definition) is 4. The van der Waals surface area contributed by atoms with E-state index in [0.717, 1.165) is 24.5 Å². The summed E-state index contributed by atoms with van der Waals surface area (Å²) in [5, 5.41) is 3.30. The SMILES string of the molecule is CCCN1CC[C@@H](N)[C@@H]1c1csc(C)n1. The molecule has 0 unspecified atom stereocenters. The zero-order valence-corrected chi connectivity index (χ0v) is 10.3. The van der Waals surface area contributed by atoms with Crippen molar-refractivity contribution in [3.05, 3.63) is 16.1 Å². The molecule has 3 nitrogen and oxygen atoms in total. The molecule has 1 aromatic rings. The number of nitrogens with two attached hydrogens (primary N) is 1. The second-order valence-corrected chi connectivity index (χ2v) is 5.29.